The predicted molar refractivity (Wildman–Crippen MR) is 138 cm³/mol. The van der Waals surface area contributed by atoms with Crippen LogP contribution in [0.15, 0.2) is 119 Å². The maximum absolute atomic E-state index is 13.1. The number of rotatable bonds is 6. The van der Waals surface area contributed by atoms with Crippen LogP contribution < -0.4 is 10.6 Å². The number of carbonyl (C=O) groups is 2. The van der Waals surface area contributed by atoms with Crippen LogP contribution in [0.3, 0.4) is 0 Å². The number of fused-ring (bicyclic) bond motifs is 1. The van der Waals surface area contributed by atoms with E-state index in [1.165, 1.54) is 0 Å². The topological polar surface area (TPSA) is 58.2 Å². The molecule has 0 spiro atoms. The molecule has 4 nitrogen and oxygen atoms in total. The summed E-state index contributed by atoms with van der Waals surface area (Å²) in [7, 11) is 0. The van der Waals surface area contributed by atoms with E-state index in [0.717, 1.165) is 20.8 Å². The van der Waals surface area contributed by atoms with Gasteiger partial charge in [-0.15, -0.1) is 0 Å². The Labute approximate surface area is 200 Å². The molecule has 0 radical (unpaired) electrons. The van der Waals surface area contributed by atoms with Crippen molar-refractivity contribution < 1.29 is 9.59 Å². The third kappa shape index (κ3) is 6.05. The number of nitrogens with one attached hydrogen (secondary N) is 2. The summed E-state index contributed by atoms with van der Waals surface area (Å²) in [6.45, 7) is 0. The maximum atomic E-state index is 13.1. The number of benzene rings is 4. The van der Waals surface area contributed by atoms with Gasteiger partial charge in [-0.05, 0) is 58.8 Å². The number of allylic oxidation sites excluding steroid dienone is 2. The van der Waals surface area contributed by atoms with E-state index in [1.54, 1.807) is 36.4 Å². The smallest absolute Gasteiger partial charge is 0.272 e. The average molecular weight is 497 g/mol. The molecular weight excluding hydrogens is 476 g/mol. The molecule has 2 N–H and O–H groups in total. The lowest BCUT2D eigenvalue weighted by Crippen LogP contribution is -2.30. The van der Waals surface area contributed by atoms with E-state index in [2.05, 4.69) is 26.6 Å². The van der Waals surface area contributed by atoms with Crippen LogP contribution in [0.5, 0.6) is 0 Å². The fourth-order valence-electron chi connectivity index (χ4n) is 3.25. The summed E-state index contributed by atoms with van der Waals surface area (Å²) < 4.78 is 0.870. The van der Waals surface area contributed by atoms with E-state index in [0.29, 0.717) is 11.3 Å². The molecule has 0 unspecified atom stereocenters. The Kier molecular flexibility index (Phi) is 7.12. The highest BCUT2D eigenvalue weighted by Gasteiger charge is 2.14. The van der Waals surface area contributed by atoms with Crippen molar-refractivity contribution >= 4 is 50.3 Å². The monoisotopic (exact) mass is 496 g/mol. The van der Waals surface area contributed by atoms with Gasteiger partial charge in [0.15, 0.2) is 0 Å². The van der Waals surface area contributed by atoms with Gasteiger partial charge in [-0.1, -0.05) is 88.7 Å². The number of hydrogen-bond acceptors (Lipinski definition) is 2. The maximum Gasteiger partial charge on any atom is 0.272 e. The van der Waals surface area contributed by atoms with E-state index < -0.39 is 5.91 Å². The molecule has 0 aliphatic rings. The van der Waals surface area contributed by atoms with Gasteiger partial charge in [-0.3, -0.25) is 9.59 Å². The van der Waals surface area contributed by atoms with Gasteiger partial charge in [0, 0.05) is 15.7 Å². The Morgan fingerprint density at radius 2 is 1.45 bits per heavy atom. The summed E-state index contributed by atoms with van der Waals surface area (Å²) in [6, 6.07) is 30.3. The van der Waals surface area contributed by atoms with E-state index in [4.69, 9.17) is 0 Å². The van der Waals surface area contributed by atoms with Crippen molar-refractivity contribution in [3.05, 3.63) is 131 Å². The molecule has 162 valence electrons. The third-order valence-electron chi connectivity index (χ3n) is 4.96. The SMILES string of the molecule is O=C(Nc1ccc2ccccc2c1)/C(=C\C=C\c1ccccc1)NC(=O)c1ccc(Br)cc1. The van der Waals surface area contributed by atoms with Gasteiger partial charge >= 0.3 is 0 Å². The van der Waals surface area contributed by atoms with Crippen molar-refractivity contribution in [2.75, 3.05) is 5.32 Å². The highest BCUT2D eigenvalue weighted by molar-refractivity contribution is 9.10. The molecule has 5 heteroatoms. The highest BCUT2D eigenvalue weighted by atomic mass is 79.9. The van der Waals surface area contributed by atoms with Gasteiger partial charge in [0.25, 0.3) is 11.8 Å². The van der Waals surface area contributed by atoms with Crippen molar-refractivity contribution in [2.24, 2.45) is 0 Å². The fourth-order valence-corrected chi connectivity index (χ4v) is 3.52. The van der Waals surface area contributed by atoms with Crippen LogP contribution in [0.4, 0.5) is 5.69 Å². The van der Waals surface area contributed by atoms with Gasteiger partial charge in [-0.25, -0.2) is 0 Å². The summed E-state index contributed by atoms with van der Waals surface area (Å²) in [4.78, 5) is 25.8. The van der Waals surface area contributed by atoms with Gasteiger partial charge in [0.2, 0.25) is 0 Å². The predicted octanol–water partition coefficient (Wildman–Crippen LogP) is 6.57. The number of hydrogen-bond donors (Lipinski definition) is 2. The molecule has 4 aromatic rings. The number of carbonyl (C=O) groups excluding carboxylic acids is 2. The summed E-state index contributed by atoms with van der Waals surface area (Å²) >= 11 is 3.36. The quantitative estimate of drug-likeness (QED) is 0.234. The number of halogens is 1. The van der Waals surface area contributed by atoms with Crippen LogP contribution in [0.25, 0.3) is 16.8 Å². The zero-order chi connectivity index (χ0) is 23.0. The first-order valence-corrected chi connectivity index (χ1v) is 11.2. The first-order chi connectivity index (χ1) is 16.1. The molecule has 2 amide bonds. The van der Waals surface area contributed by atoms with Crippen LogP contribution >= 0.6 is 15.9 Å². The second-order valence-corrected chi connectivity index (χ2v) is 8.24. The zero-order valence-corrected chi connectivity index (χ0v) is 19.3. The van der Waals surface area contributed by atoms with E-state index in [1.807, 2.05) is 78.9 Å². The molecule has 4 aromatic carbocycles. The second-order valence-electron chi connectivity index (χ2n) is 7.33. The normalized spacial score (nSPS) is 11.5. The van der Waals surface area contributed by atoms with Crippen LogP contribution in [-0.4, -0.2) is 11.8 Å². The van der Waals surface area contributed by atoms with Crippen LogP contribution in [-0.2, 0) is 4.79 Å². The summed E-state index contributed by atoms with van der Waals surface area (Å²) in [6.07, 6.45) is 5.21. The molecule has 0 bridgehead atoms. The lowest BCUT2D eigenvalue weighted by molar-refractivity contribution is -0.113. The van der Waals surface area contributed by atoms with E-state index in [9.17, 15) is 9.59 Å². The Morgan fingerprint density at radius 1 is 0.758 bits per heavy atom. The minimum absolute atomic E-state index is 0.142. The van der Waals surface area contributed by atoms with Crippen molar-refractivity contribution in [2.45, 2.75) is 0 Å². The molecule has 0 saturated heterocycles. The van der Waals surface area contributed by atoms with Crippen molar-refractivity contribution in [3.63, 3.8) is 0 Å². The Hall–Kier alpha value is -3.96. The Morgan fingerprint density at radius 3 is 2.21 bits per heavy atom. The molecular formula is C28H21BrN2O2. The zero-order valence-electron chi connectivity index (χ0n) is 17.7. The molecule has 4 rings (SSSR count). The van der Waals surface area contributed by atoms with Crippen molar-refractivity contribution in [3.8, 4) is 0 Å². The van der Waals surface area contributed by atoms with Crippen LogP contribution in [0.2, 0.25) is 0 Å². The average Bonchev–Trinajstić information content (AvgIpc) is 2.84. The third-order valence-corrected chi connectivity index (χ3v) is 5.49. The van der Waals surface area contributed by atoms with Crippen LogP contribution in [0.1, 0.15) is 15.9 Å². The first-order valence-electron chi connectivity index (χ1n) is 10.4. The van der Waals surface area contributed by atoms with Gasteiger partial charge < -0.3 is 10.6 Å². The molecule has 0 saturated carbocycles. The lowest BCUT2D eigenvalue weighted by Gasteiger charge is -2.11. The summed E-state index contributed by atoms with van der Waals surface area (Å²) in [5.41, 5.74) is 2.23. The fraction of sp³-hybridized carbons (Fsp3) is 0. The van der Waals surface area contributed by atoms with Gasteiger partial charge in [0.1, 0.15) is 5.70 Å². The standard InChI is InChI=1S/C28H21BrN2O2/c29-24-16-13-22(14-17-24)27(32)31-26(12-6-9-20-7-2-1-3-8-20)28(33)30-25-18-15-21-10-4-5-11-23(21)19-25/h1-19H,(H,30,33)(H,31,32)/b9-6+,26-12+. The lowest BCUT2D eigenvalue weighted by atomic mass is 10.1. The minimum atomic E-state index is -0.409. The number of anilines is 1. The second kappa shape index (κ2) is 10.6. The van der Waals surface area contributed by atoms with Crippen LogP contribution in [0, 0.1) is 0 Å². The van der Waals surface area contributed by atoms with Gasteiger partial charge in [0.05, 0.1) is 0 Å². The molecule has 0 fully saturated rings. The molecule has 33 heavy (non-hydrogen) atoms. The van der Waals surface area contributed by atoms with Crippen molar-refractivity contribution in [1.82, 2.24) is 5.32 Å². The molecule has 0 aliphatic carbocycles. The minimum Gasteiger partial charge on any atom is -0.321 e. The van der Waals surface area contributed by atoms with Crippen molar-refractivity contribution in [1.29, 1.82) is 0 Å². The highest BCUT2D eigenvalue weighted by Crippen LogP contribution is 2.19. The van der Waals surface area contributed by atoms with Gasteiger partial charge in [-0.2, -0.15) is 0 Å². The van der Waals surface area contributed by atoms with E-state index >= 15 is 0 Å². The van der Waals surface area contributed by atoms with E-state index in [-0.39, 0.29) is 11.6 Å². The molecule has 0 atom stereocenters. The summed E-state index contributed by atoms with van der Waals surface area (Å²) in [5, 5.41) is 7.73. The Bertz CT molecular complexity index is 1340. The first kappa shape index (κ1) is 22.2. The molecule has 0 aromatic heterocycles. The number of amides is 2. The summed E-state index contributed by atoms with van der Waals surface area (Å²) in [5.74, 6) is -0.774. The molecule has 0 aliphatic heterocycles. The largest absolute Gasteiger partial charge is 0.321 e. The Balaban J connectivity index is 1.57. The molecule has 0 heterocycles.